The molecule has 26 heavy (non-hydrogen) atoms. The highest BCUT2D eigenvalue weighted by Gasteiger charge is 2.14. The number of H-pyrrole nitrogens is 1. The average molecular weight is 342 g/mol. The zero-order valence-corrected chi connectivity index (χ0v) is 14.7. The normalized spacial score (nSPS) is 15.7. The SMILES string of the molecule is c1ccc2cc(-c3cccc4c(CN5CCOCC5)c[nH]c34)ccc2c1. The van der Waals surface area contributed by atoms with E-state index in [-0.39, 0.29) is 0 Å². The summed E-state index contributed by atoms with van der Waals surface area (Å²) in [6, 6.07) is 21.9. The van der Waals surface area contributed by atoms with Gasteiger partial charge in [-0.2, -0.15) is 0 Å². The second-order valence-electron chi connectivity index (χ2n) is 6.99. The highest BCUT2D eigenvalue weighted by molar-refractivity contribution is 5.98. The van der Waals surface area contributed by atoms with Crippen molar-refractivity contribution in [1.29, 1.82) is 0 Å². The molecule has 3 aromatic carbocycles. The lowest BCUT2D eigenvalue weighted by Gasteiger charge is -2.26. The zero-order chi connectivity index (χ0) is 17.3. The zero-order valence-electron chi connectivity index (χ0n) is 14.7. The molecule has 0 spiro atoms. The predicted molar refractivity (Wildman–Crippen MR) is 107 cm³/mol. The molecule has 1 aromatic heterocycles. The molecule has 1 N–H and O–H groups in total. The minimum Gasteiger partial charge on any atom is -0.379 e. The van der Waals surface area contributed by atoms with Crippen molar-refractivity contribution in [2.75, 3.05) is 26.3 Å². The van der Waals surface area contributed by atoms with Gasteiger partial charge < -0.3 is 9.72 Å². The Hall–Kier alpha value is -2.62. The van der Waals surface area contributed by atoms with Crippen molar-refractivity contribution >= 4 is 21.7 Å². The topological polar surface area (TPSA) is 28.3 Å². The van der Waals surface area contributed by atoms with Crippen molar-refractivity contribution in [2.45, 2.75) is 6.54 Å². The van der Waals surface area contributed by atoms with Gasteiger partial charge in [0.1, 0.15) is 0 Å². The third-order valence-electron chi connectivity index (χ3n) is 5.36. The smallest absolute Gasteiger partial charge is 0.0594 e. The molecule has 0 amide bonds. The first-order chi connectivity index (χ1) is 12.9. The van der Waals surface area contributed by atoms with Crippen LogP contribution in [0.1, 0.15) is 5.56 Å². The first kappa shape index (κ1) is 15.6. The molecule has 1 saturated heterocycles. The number of aromatic amines is 1. The molecule has 1 aliphatic heterocycles. The van der Waals surface area contributed by atoms with Gasteiger partial charge in [0.25, 0.3) is 0 Å². The van der Waals surface area contributed by atoms with Crippen molar-refractivity contribution < 1.29 is 4.74 Å². The molecule has 0 radical (unpaired) electrons. The molecule has 0 atom stereocenters. The number of hydrogen-bond acceptors (Lipinski definition) is 2. The van der Waals surface area contributed by atoms with Crippen LogP contribution in [0.15, 0.2) is 66.9 Å². The van der Waals surface area contributed by atoms with Crippen LogP contribution in [-0.2, 0) is 11.3 Å². The quantitative estimate of drug-likeness (QED) is 0.578. The maximum atomic E-state index is 5.47. The number of benzene rings is 3. The van der Waals surface area contributed by atoms with Crippen LogP contribution >= 0.6 is 0 Å². The van der Waals surface area contributed by atoms with Gasteiger partial charge in [-0.1, -0.05) is 54.6 Å². The monoisotopic (exact) mass is 342 g/mol. The van der Waals surface area contributed by atoms with Crippen LogP contribution in [0.5, 0.6) is 0 Å². The molecule has 5 rings (SSSR count). The van der Waals surface area contributed by atoms with E-state index in [9.17, 15) is 0 Å². The molecule has 0 saturated carbocycles. The summed E-state index contributed by atoms with van der Waals surface area (Å²) in [6.45, 7) is 4.67. The molecule has 3 nitrogen and oxygen atoms in total. The van der Waals surface area contributed by atoms with Gasteiger partial charge in [0.2, 0.25) is 0 Å². The van der Waals surface area contributed by atoms with E-state index in [1.54, 1.807) is 0 Å². The molecular formula is C23H22N2O. The van der Waals surface area contributed by atoms with Crippen LogP contribution in [0.2, 0.25) is 0 Å². The van der Waals surface area contributed by atoms with Crippen LogP contribution in [-0.4, -0.2) is 36.2 Å². The van der Waals surface area contributed by atoms with E-state index >= 15 is 0 Å². The van der Waals surface area contributed by atoms with Crippen molar-refractivity contribution in [3.63, 3.8) is 0 Å². The van der Waals surface area contributed by atoms with Crippen molar-refractivity contribution in [2.24, 2.45) is 0 Å². The fraction of sp³-hybridized carbons (Fsp3) is 0.217. The average Bonchev–Trinajstić information content (AvgIpc) is 3.11. The van der Waals surface area contributed by atoms with Crippen LogP contribution in [0.25, 0.3) is 32.8 Å². The number of para-hydroxylation sites is 1. The maximum Gasteiger partial charge on any atom is 0.0594 e. The molecule has 130 valence electrons. The lowest BCUT2D eigenvalue weighted by atomic mass is 9.99. The Morgan fingerprint density at radius 3 is 2.62 bits per heavy atom. The Bertz CT molecular complexity index is 1060. The first-order valence-electron chi connectivity index (χ1n) is 9.27. The van der Waals surface area contributed by atoms with E-state index in [2.05, 4.69) is 76.7 Å². The van der Waals surface area contributed by atoms with E-state index in [4.69, 9.17) is 4.74 Å². The summed E-state index contributed by atoms with van der Waals surface area (Å²) in [5.41, 5.74) is 5.12. The fourth-order valence-electron chi connectivity index (χ4n) is 3.94. The summed E-state index contributed by atoms with van der Waals surface area (Å²) in [5.74, 6) is 0. The maximum absolute atomic E-state index is 5.47. The predicted octanol–water partition coefficient (Wildman–Crippen LogP) is 4.82. The highest BCUT2D eigenvalue weighted by Crippen LogP contribution is 2.32. The number of fused-ring (bicyclic) bond motifs is 2. The van der Waals surface area contributed by atoms with E-state index in [1.807, 2.05) is 0 Å². The first-order valence-corrected chi connectivity index (χ1v) is 9.27. The van der Waals surface area contributed by atoms with E-state index in [1.165, 1.54) is 38.4 Å². The Kier molecular flexibility index (Phi) is 3.96. The van der Waals surface area contributed by atoms with Gasteiger partial charge in [-0.3, -0.25) is 4.90 Å². The van der Waals surface area contributed by atoms with Crippen LogP contribution < -0.4 is 0 Å². The van der Waals surface area contributed by atoms with Gasteiger partial charge in [0.05, 0.1) is 18.7 Å². The number of rotatable bonds is 3. The molecule has 3 heteroatoms. The Morgan fingerprint density at radius 1 is 0.885 bits per heavy atom. The molecular weight excluding hydrogens is 320 g/mol. The molecule has 0 aliphatic carbocycles. The molecule has 2 heterocycles. The van der Waals surface area contributed by atoms with Gasteiger partial charge in [0, 0.05) is 36.8 Å². The Balaban J connectivity index is 1.55. The number of nitrogens with zero attached hydrogens (tertiary/aromatic N) is 1. The molecule has 0 bridgehead atoms. The Labute approximate surface area is 153 Å². The van der Waals surface area contributed by atoms with E-state index in [0.717, 1.165) is 32.8 Å². The number of ether oxygens (including phenoxy) is 1. The molecule has 0 unspecified atom stereocenters. The Morgan fingerprint density at radius 2 is 1.73 bits per heavy atom. The lowest BCUT2D eigenvalue weighted by molar-refractivity contribution is 0.0343. The van der Waals surface area contributed by atoms with Crippen molar-refractivity contribution in [3.8, 4) is 11.1 Å². The highest BCUT2D eigenvalue weighted by atomic mass is 16.5. The minimum atomic E-state index is 0.838. The van der Waals surface area contributed by atoms with Gasteiger partial charge in [-0.25, -0.2) is 0 Å². The molecule has 1 fully saturated rings. The summed E-state index contributed by atoms with van der Waals surface area (Å²) in [7, 11) is 0. The van der Waals surface area contributed by atoms with Gasteiger partial charge in [-0.05, 0) is 28.0 Å². The molecule has 4 aromatic rings. The van der Waals surface area contributed by atoms with Crippen LogP contribution in [0.3, 0.4) is 0 Å². The third-order valence-corrected chi connectivity index (χ3v) is 5.36. The number of aromatic nitrogens is 1. The largest absolute Gasteiger partial charge is 0.379 e. The number of nitrogens with one attached hydrogen (secondary N) is 1. The third kappa shape index (κ3) is 2.79. The molecule has 1 aliphatic rings. The van der Waals surface area contributed by atoms with Gasteiger partial charge in [-0.15, -0.1) is 0 Å². The summed E-state index contributed by atoms with van der Waals surface area (Å²) in [5, 5.41) is 3.88. The fourth-order valence-corrected chi connectivity index (χ4v) is 3.94. The van der Waals surface area contributed by atoms with E-state index in [0.29, 0.717) is 0 Å². The number of hydrogen-bond donors (Lipinski definition) is 1. The second-order valence-corrected chi connectivity index (χ2v) is 6.99. The second kappa shape index (κ2) is 6.60. The van der Waals surface area contributed by atoms with Gasteiger partial charge in [0.15, 0.2) is 0 Å². The van der Waals surface area contributed by atoms with Crippen LogP contribution in [0, 0.1) is 0 Å². The van der Waals surface area contributed by atoms with Gasteiger partial charge >= 0.3 is 0 Å². The van der Waals surface area contributed by atoms with Crippen molar-refractivity contribution in [1.82, 2.24) is 9.88 Å². The van der Waals surface area contributed by atoms with Crippen LogP contribution in [0.4, 0.5) is 0 Å². The van der Waals surface area contributed by atoms with E-state index < -0.39 is 0 Å². The summed E-state index contributed by atoms with van der Waals surface area (Å²) in [4.78, 5) is 6.00. The summed E-state index contributed by atoms with van der Waals surface area (Å²) < 4.78 is 5.47. The minimum absolute atomic E-state index is 0.838. The summed E-state index contributed by atoms with van der Waals surface area (Å²) in [6.07, 6.45) is 2.17. The number of morpholine rings is 1. The van der Waals surface area contributed by atoms with Crippen molar-refractivity contribution in [3.05, 3.63) is 72.4 Å². The lowest BCUT2D eigenvalue weighted by Crippen LogP contribution is -2.35. The summed E-state index contributed by atoms with van der Waals surface area (Å²) >= 11 is 0. The standard InChI is InChI=1S/C23H22N2O/c1-2-5-18-14-19(9-8-17(18)4-1)21-6-3-7-22-20(15-24-23(21)22)16-25-10-12-26-13-11-25/h1-9,14-15,24H,10-13,16H2.